The van der Waals surface area contributed by atoms with Crippen molar-refractivity contribution < 1.29 is 37.2 Å². The molecule has 0 saturated heterocycles. The summed E-state index contributed by atoms with van der Waals surface area (Å²) in [6.45, 7) is -0.561. The van der Waals surface area contributed by atoms with E-state index in [1.54, 1.807) is 30.3 Å². The highest BCUT2D eigenvalue weighted by atomic mass is 32.2. The van der Waals surface area contributed by atoms with Gasteiger partial charge >= 0.3 is 0 Å². The fourth-order valence-electron chi connectivity index (χ4n) is 3.57. The minimum atomic E-state index is -4.31. The number of aliphatic hydroxyl groups is 1. The van der Waals surface area contributed by atoms with E-state index in [4.69, 9.17) is 23.7 Å². The molecule has 2 aromatic heterocycles. The van der Waals surface area contributed by atoms with Gasteiger partial charge in [0.05, 0.1) is 32.8 Å². The van der Waals surface area contributed by atoms with Gasteiger partial charge in [0.1, 0.15) is 18.4 Å². The number of hydrogen-bond donors (Lipinski definition) is 2. The van der Waals surface area contributed by atoms with Crippen LogP contribution in [0.1, 0.15) is 5.69 Å². The molecular weight excluding hydrogens is 554 g/mol. The van der Waals surface area contributed by atoms with Crippen LogP contribution >= 0.6 is 0 Å². The monoisotopic (exact) mass is 579 g/mol. The molecule has 0 aliphatic heterocycles. The van der Waals surface area contributed by atoms with E-state index in [1.807, 2.05) is 6.07 Å². The molecule has 2 N–H and O–H groups in total. The van der Waals surface area contributed by atoms with Crippen LogP contribution in [0.4, 0.5) is 5.82 Å². The van der Waals surface area contributed by atoms with Gasteiger partial charge in [-0.1, -0.05) is 12.1 Å². The number of aliphatic hydroxyl groups excluding tert-OH is 1. The Morgan fingerprint density at radius 1 is 0.927 bits per heavy atom. The minimum Gasteiger partial charge on any atom is -0.493 e. The molecule has 2 heterocycles. The fourth-order valence-corrected chi connectivity index (χ4v) is 4.59. The van der Waals surface area contributed by atoms with E-state index >= 15 is 0 Å². The third kappa shape index (κ3) is 6.55. The van der Waals surface area contributed by atoms with Crippen molar-refractivity contribution in [1.82, 2.24) is 15.0 Å². The maximum Gasteiger partial charge on any atom is 0.263 e. The molecule has 41 heavy (non-hydrogen) atoms. The highest BCUT2D eigenvalue weighted by Gasteiger charge is 2.26. The lowest BCUT2D eigenvalue weighted by atomic mass is 10.2. The molecular formula is C27H25N5O8S. The number of sulfonamides is 1. The summed E-state index contributed by atoms with van der Waals surface area (Å²) in [5, 5.41) is 18.7. The number of para-hydroxylation sites is 2. The lowest BCUT2D eigenvalue weighted by Crippen LogP contribution is -2.16. The van der Waals surface area contributed by atoms with Gasteiger partial charge in [-0.05, 0) is 36.4 Å². The Kier molecular flexibility index (Phi) is 9.02. The van der Waals surface area contributed by atoms with Crippen LogP contribution in [0.25, 0.3) is 11.4 Å². The Morgan fingerprint density at radius 3 is 2.32 bits per heavy atom. The third-order valence-corrected chi connectivity index (χ3v) is 6.81. The second-order valence-corrected chi connectivity index (χ2v) is 9.70. The maximum absolute atomic E-state index is 13.6. The van der Waals surface area contributed by atoms with Crippen molar-refractivity contribution in [3.8, 4) is 52.1 Å². The predicted octanol–water partition coefficient (Wildman–Crippen LogP) is 3.40. The van der Waals surface area contributed by atoms with Gasteiger partial charge in [0.15, 0.2) is 34.6 Å². The summed E-state index contributed by atoms with van der Waals surface area (Å²) < 4.78 is 57.2. The number of methoxy groups -OCH3 is 3. The van der Waals surface area contributed by atoms with Gasteiger partial charge in [-0.15, -0.1) is 0 Å². The number of nitrogens with zero attached hydrogens (tertiary/aromatic N) is 4. The average molecular weight is 580 g/mol. The Morgan fingerprint density at radius 2 is 1.63 bits per heavy atom. The average Bonchev–Trinajstić information content (AvgIpc) is 3.00. The number of benzene rings is 2. The molecule has 4 aromatic rings. The zero-order valence-electron chi connectivity index (χ0n) is 22.2. The number of nitriles is 1. The number of nitrogens with one attached hydrogen (secondary N) is 1. The van der Waals surface area contributed by atoms with Gasteiger partial charge in [-0.2, -0.15) is 10.2 Å². The topological polar surface area (TPSA) is 175 Å². The molecule has 0 bridgehead atoms. The van der Waals surface area contributed by atoms with Gasteiger partial charge in [-0.3, -0.25) is 4.72 Å². The number of rotatable bonds is 12. The molecule has 0 aliphatic carbocycles. The first kappa shape index (κ1) is 28.9. The summed E-state index contributed by atoms with van der Waals surface area (Å²) in [4.78, 5) is 12.6. The van der Waals surface area contributed by atoms with E-state index < -0.39 is 10.0 Å². The van der Waals surface area contributed by atoms with Crippen LogP contribution in [0.3, 0.4) is 0 Å². The summed E-state index contributed by atoms with van der Waals surface area (Å²) >= 11 is 0. The molecule has 0 amide bonds. The van der Waals surface area contributed by atoms with E-state index in [0.29, 0.717) is 17.1 Å². The molecule has 14 heteroatoms. The predicted molar refractivity (Wildman–Crippen MR) is 146 cm³/mol. The van der Waals surface area contributed by atoms with Crippen LogP contribution in [0.5, 0.6) is 34.6 Å². The summed E-state index contributed by atoms with van der Waals surface area (Å²) in [6, 6.07) is 15.6. The second kappa shape index (κ2) is 12.8. The molecule has 2 aromatic carbocycles. The molecule has 4 rings (SSSR count). The zero-order chi connectivity index (χ0) is 29.4. The van der Waals surface area contributed by atoms with Crippen molar-refractivity contribution >= 4 is 15.8 Å². The number of ether oxygens (including phenoxy) is 5. The highest BCUT2D eigenvalue weighted by Crippen LogP contribution is 2.42. The Labute approximate surface area is 236 Å². The van der Waals surface area contributed by atoms with Crippen LogP contribution in [-0.2, 0) is 10.0 Å². The number of hydrogen-bond acceptors (Lipinski definition) is 12. The lowest BCUT2D eigenvalue weighted by Gasteiger charge is -2.18. The van der Waals surface area contributed by atoms with Crippen LogP contribution in [0.15, 0.2) is 65.7 Å². The van der Waals surface area contributed by atoms with Gasteiger partial charge in [0.2, 0.25) is 5.75 Å². The van der Waals surface area contributed by atoms with Crippen molar-refractivity contribution in [3.63, 3.8) is 0 Å². The lowest BCUT2D eigenvalue weighted by molar-refractivity contribution is 0.192. The van der Waals surface area contributed by atoms with Crippen molar-refractivity contribution in [2.75, 3.05) is 39.3 Å². The molecule has 0 unspecified atom stereocenters. The number of anilines is 1. The van der Waals surface area contributed by atoms with Crippen molar-refractivity contribution in [2.24, 2.45) is 0 Å². The normalized spacial score (nSPS) is 10.8. The minimum absolute atomic E-state index is 0.00534. The summed E-state index contributed by atoms with van der Waals surface area (Å²) in [5.41, 5.74) is 0.437. The standard InChI is InChI=1S/C27H25N5O8S/c1-36-20-6-4-5-7-22(20)40-24-26(32-41(34,35)19-8-9-21(37-2)23(15-19)38-3)30-25(31-27(24)39-13-12-33)17-10-11-29-18(14-17)16-28/h4-11,14-15,33H,12-13H2,1-3H3,(H,30,31,32). The van der Waals surface area contributed by atoms with Crippen molar-refractivity contribution in [3.05, 3.63) is 66.5 Å². The molecule has 13 nitrogen and oxygen atoms in total. The number of aromatic nitrogens is 3. The Hall–Kier alpha value is -5.13. The first-order valence-electron chi connectivity index (χ1n) is 11.9. The smallest absolute Gasteiger partial charge is 0.263 e. The van der Waals surface area contributed by atoms with Crippen LogP contribution in [-0.4, -0.2) is 63.0 Å². The fraction of sp³-hybridized carbons (Fsp3) is 0.185. The van der Waals surface area contributed by atoms with E-state index in [1.165, 1.54) is 51.8 Å². The Bertz CT molecular complexity index is 1690. The molecule has 0 spiro atoms. The molecule has 0 radical (unpaired) electrons. The van der Waals surface area contributed by atoms with Gasteiger partial charge < -0.3 is 28.8 Å². The summed E-state index contributed by atoms with van der Waals surface area (Å²) in [5.74, 6) is 0.390. The van der Waals surface area contributed by atoms with Crippen LogP contribution < -0.4 is 28.4 Å². The van der Waals surface area contributed by atoms with Crippen LogP contribution in [0, 0.1) is 11.3 Å². The van der Waals surface area contributed by atoms with Crippen LogP contribution in [0.2, 0.25) is 0 Å². The van der Waals surface area contributed by atoms with Gasteiger partial charge in [-0.25, -0.2) is 18.4 Å². The molecule has 212 valence electrons. The second-order valence-electron chi connectivity index (χ2n) is 8.02. The van der Waals surface area contributed by atoms with E-state index in [2.05, 4.69) is 19.7 Å². The van der Waals surface area contributed by atoms with Crippen molar-refractivity contribution in [2.45, 2.75) is 4.90 Å². The summed E-state index contributed by atoms with van der Waals surface area (Å²) in [6.07, 6.45) is 1.39. The number of pyridine rings is 1. The van der Waals surface area contributed by atoms with Gasteiger partial charge in [0.25, 0.3) is 15.9 Å². The van der Waals surface area contributed by atoms with Crippen molar-refractivity contribution in [1.29, 1.82) is 5.26 Å². The highest BCUT2D eigenvalue weighted by molar-refractivity contribution is 7.92. The molecule has 0 aliphatic rings. The first-order chi connectivity index (χ1) is 19.8. The quantitative estimate of drug-likeness (QED) is 0.251. The molecule has 0 atom stereocenters. The van der Waals surface area contributed by atoms with E-state index in [9.17, 15) is 18.8 Å². The maximum atomic E-state index is 13.6. The zero-order valence-corrected chi connectivity index (χ0v) is 23.0. The first-order valence-corrected chi connectivity index (χ1v) is 13.4. The van der Waals surface area contributed by atoms with E-state index in [0.717, 1.165) is 0 Å². The molecule has 0 saturated carbocycles. The van der Waals surface area contributed by atoms with Gasteiger partial charge in [0, 0.05) is 17.8 Å². The largest absolute Gasteiger partial charge is 0.493 e. The van der Waals surface area contributed by atoms with E-state index in [-0.39, 0.29) is 58.6 Å². The SMILES string of the molecule is COc1ccc(S(=O)(=O)Nc2nc(-c3ccnc(C#N)c3)nc(OCCO)c2Oc2ccccc2OC)cc1OC. The Balaban J connectivity index is 1.91. The third-order valence-electron chi connectivity index (χ3n) is 5.47. The summed E-state index contributed by atoms with van der Waals surface area (Å²) in [7, 11) is -0.0499. The molecule has 0 fully saturated rings.